The Hall–Kier alpha value is -0.300. The summed E-state index contributed by atoms with van der Waals surface area (Å²) in [6.45, 7) is 8.37. The Kier molecular flexibility index (Phi) is 2.72. The Labute approximate surface area is 69.1 Å². The van der Waals surface area contributed by atoms with Gasteiger partial charge < -0.3 is 5.11 Å². The molecule has 0 heterocycles. The van der Waals surface area contributed by atoms with Crippen molar-refractivity contribution < 1.29 is 5.11 Å². The summed E-state index contributed by atoms with van der Waals surface area (Å²) in [4.78, 5) is 0. The Morgan fingerprint density at radius 2 is 2.09 bits per heavy atom. The van der Waals surface area contributed by atoms with E-state index in [2.05, 4.69) is 20.4 Å². The van der Waals surface area contributed by atoms with Crippen molar-refractivity contribution in [2.24, 2.45) is 11.8 Å². The number of hydrogen-bond donors (Lipinski definition) is 1. The normalized spacial score (nSPS) is 32.9. The molecule has 1 heteroatoms. The third-order valence-corrected chi connectivity index (χ3v) is 2.75. The van der Waals surface area contributed by atoms with Crippen LogP contribution < -0.4 is 0 Å². The summed E-state index contributed by atoms with van der Waals surface area (Å²) in [6.07, 6.45) is 2.89. The van der Waals surface area contributed by atoms with Crippen LogP contribution in [0.3, 0.4) is 0 Å². The Morgan fingerprint density at radius 3 is 2.55 bits per heavy atom. The molecule has 0 amide bonds. The maximum atomic E-state index is 9.38. The average Bonchev–Trinajstić information content (AvgIpc) is 1.94. The second-order valence-corrected chi connectivity index (χ2v) is 3.96. The largest absolute Gasteiger partial charge is 0.389 e. The molecule has 11 heavy (non-hydrogen) atoms. The summed E-state index contributed by atoms with van der Waals surface area (Å²) in [5, 5.41) is 9.38. The fourth-order valence-corrected chi connectivity index (χ4v) is 1.72. The van der Waals surface area contributed by atoms with Crippen LogP contribution in [0, 0.1) is 11.8 Å². The van der Waals surface area contributed by atoms with Crippen molar-refractivity contribution in [3.05, 3.63) is 12.2 Å². The molecule has 1 nitrogen and oxygen atoms in total. The lowest BCUT2D eigenvalue weighted by Gasteiger charge is -2.30. The van der Waals surface area contributed by atoms with Gasteiger partial charge in [0.05, 0.1) is 6.10 Å². The third kappa shape index (κ3) is 2.06. The van der Waals surface area contributed by atoms with Gasteiger partial charge in [-0.25, -0.2) is 0 Å². The van der Waals surface area contributed by atoms with Gasteiger partial charge in [-0.05, 0) is 36.7 Å². The van der Waals surface area contributed by atoms with Gasteiger partial charge in [-0.1, -0.05) is 20.4 Å². The van der Waals surface area contributed by atoms with Crippen LogP contribution in [-0.2, 0) is 0 Å². The van der Waals surface area contributed by atoms with Gasteiger partial charge in [-0.2, -0.15) is 0 Å². The number of rotatable bonds is 1. The minimum atomic E-state index is -0.218. The van der Waals surface area contributed by atoms with Crippen molar-refractivity contribution in [2.45, 2.75) is 39.2 Å². The second-order valence-electron chi connectivity index (χ2n) is 3.96. The monoisotopic (exact) mass is 154 g/mol. The van der Waals surface area contributed by atoms with E-state index in [4.69, 9.17) is 0 Å². The number of hydrogen-bond acceptors (Lipinski definition) is 1. The van der Waals surface area contributed by atoms with Gasteiger partial charge in [0, 0.05) is 0 Å². The zero-order valence-electron chi connectivity index (χ0n) is 7.51. The molecule has 2 unspecified atom stereocenters. The van der Waals surface area contributed by atoms with E-state index in [1.54, 1.807) is 0 Å². The molecule has 64 valence electrons. The van der Waals surface area contributed by atoms with E-state index in [1.165, 1.54) is 0 Å². The van der Waals surface area contributed by atoms with E-state index < -0.39 is 0 Å². The minimum Gasteiger partial charge on any atom is -0.389 e. The van der Waals surface area contributed by atoms with Gasteiger partial charge in [0.25, 0.3) is 0 Å². The molecule has 1 aliphatic carbocycles. The second kappa shape index (κ2) is 3.40. The first-order chi connectivity index (χ1) is 5.11. The summed E-state index contributed by atoms with van der Waals surface area (Å²) in [6, 6.07) is 0. The van der Waals surface area contributed by atoms with Crippen LogP contribution >= 0.6 is 0 Å². The number of aliphatic hydroxyl groups is 1. The summed E-state index contributed by atoms with van der Waals surface area (Å²) < 4.78 is 0. The molecule has 2 atom stereocenters. The Balaban J connectivity index is 2.46. The molecule has 0 aromatic rings. The van der Waals surface area contributed by atoms with Crippen molar-refractivity contribution in [1.29, 1.82) is 0 Å². The highest BCUT2D eigenvalue weighted by molar-refractivity contribution is 5.06. The first kappa shape index (κ1) is 8.79. The van der Waals surface area contributed by atoms with E-state index in [0.29, 0.717) is 0 Å². The molecule has 0 aromatic heterocycles. The first-order valence-corrected chi connectivity index (χ1v) is 4.47. The van der Waals surface area contributed by atoms with E-state index in [1.807, 2.05) is 0 Å². The lowest BCUT2D eigenvalue weighted by molar-refractivity contribution is 0.147. The molecule has 1 N–H and O–H groups in total. The molecule has 1 saturated carbocycles. The third-order valence-electron chi connectivity index (χ3n) is 2.75. The molecule has 1 rings (SSSR count). The fourth-order valence-electron chi connectivity index (χ4n) is 1.72. The molecule has 1 aliphatic rings. The van der Waals surface area contributed by atoms with Crippen LogP contribution in [0.25, 0.3) is 0 Å². The van der Waals surface area contributed by atoms with Crippen LogP contribution in [0.2, 0.25) is 0 Å². The summed E-state index contributed by atoms with van der Waals surface area (Å²) in [5.41, 5.74) is 1.04. The van der Waals surface area contributed by atoms with Crippen molar-refractivity contribution >= 4 is 0 Å². The molecule has 0 spiro atoms. The highest BCUT2D eigenvalue weighted by Gasteiger charge is 2.24. The van der Waals surface area contributed by atoms with Gasteiger partial charge in [0.2, 0.25) is 0 Å². The number of aliphatic hydroxyl groups excluding tert-OH is 1. The fraction of sp³-hybridized carbons (Fsp3) is 0.800. The smallest absolute Gasteiger partial charge is 0.0747 e. The standard InChI is InChI=1S/C10H18O/c1-7(2)9-4-5-10(11)8(3)6-9/h7,9-11H,3-6H2,1-2H3. The van der Waals surface area contributed by atoms with Crippen LogP contribution in [-0.4, -0.2) is 11.2 Å². The van der Waals surface area contributed by atoms with Crippen LogP contribution in [0.15, 0.2) is 12.2 Å². The predicted octanol–water partition coefficient (Wildman–Crippen LogP) is 2.36. The van der Waals surface area contributed by atoms with E-state index in [0.717, 1.165) is 36.7 Å². The maximum Gasteiger partial charge on any atom is 0.0747 e. The predicted molar refractivity (Wildman–Crippen MR) is 47.3 cm³/mol. The van der Waals surface area contributed by atoms with Crippen molar-refractivity contribution in [1.82, 2.24) is 0 Å². The lowest BCUT2D eigenvalue weighted by atomic mass is 9.78. The Bertz CT molecular complexity index is 149. The van der Waals surface area contributed by atoms with Gasteiger partial charge in [-0.15, -0.1) is 0 Å². The van der Waals surface area contributed by atoms with Crippen LogP contribution in [0.5, 0.6) is 0 Å². The molecular formula is C10H18O. The highest BCUT2D eigenvalue weighted by atomic mass is 16.3. The molecule has 0 saturated heterocycles. The van der Waals surface area contributed by atoms with Crippen molar-refractivity contribution in [3.63, 3.8) is 0 Å². The average molecular weight is 154 g/mol. The minimum absolute atomic E-state index is 0.218. The summed E-state index contributed by atoms with van der Waals surface area (Å²) in [5.74, 6) is 1.49. The topological polar surface area (TPSA) is 20.2 Å². The molecule has 0 aromatic carbocycles. The SMILES string of the molecule is C=C1CC(C(C)C)CCC1O. The molecule has 0 radical (unpaired) electrons. The molecular weight excluding hydrogens is 136 g/mol. The molecule has 1 fully saturated rings. The van der Waals surface area contributed by atoms with E-state index in [-0.39, 0.29) is 6.10 Å². The van der Waals surface area contributed by atoms with Gasteiger partial charge in [0.15, 0.2) is 0 Å². The van der Waals surface area contributed by atoms with Gasteiger partial charge in [-0.3, -0.25) is 0 Å². The van der Waals surface area contributed by atoms with Gasteiger partial charge in [0.1, 0.15) is 0 Å². The molecule has 0 bridgehead atoms. The highest BCUT2D eigenvalue weighted by Crippen LogP contribution is 2.32. The van der Waals surface area contributed by atoms with E-state index >= 15 is 0 Å². The zero-order chi connectivity index (χ0) is 8.43. The van der Waals surface area contributed by atoms with Crippen LogP contribution in [0.4, 0.5) is 0 Å². The molecule has 0 aliphatic heterocycles. The van der Waals surface area contributed by atoms with Crippen molar-refractivity contribution in [3.8, 4) is 0 Å². The summed E-state index contributed by atoms with van der Waals surface area (Å²) >= 11 is 0. The van der Waals surface area contributed by atoms with Gasteiger partial charge >= 0.3 is 0 Å². The lowest BCUT2D eigenvalue weighted by Crippen LogP contribution is -2.23. The zero-order valence-corrected chi connectivity index (χ0v) is 7.51. The maximum absolute atomic E-state index is 9.38. The Morgan fingerprint density at radius 1 is 1.45 bits per heavy atom. The van der Waals surface area contributed by atoms with Crippen LogP contribution in [0.1, 0.15) is 33.1 Å². The van der Waals surface area contributed by atoms with E-state index in [9.17, 15) is 5.11 Å². The first-order valence-electron chi connectivity index (χ1n) is 4.47. The summed E-state index contributed by atoms with van der Waals surface area (Å²) in [7, 11) is 0. The quantitative estimate of drug-likeness (QED) is 0.575. The van der Waals surface area contributed by atoms with Crippen molar-refractivity contribution in [2.75, 3.05) is 0 Å².